The molecule has 2 rings (SSSR count). The molecule has 0 aliphatic carbocycles. The smallest absolute Gasteiger partial charge is 0.321 e. The summed E-state index contributed by atoms with van der Waals surface area (Å²) >= 11 is 0. The number of urea groups is 1. The second kappa shape index (κ2) is 6.81. The Bertz CT molecular complexity index is 538. The zero-order valence-corrected chi connectivity index (χ0v) is 12.7. The lowest BCUT2D eigenvalue weighted by atomic mass is 10.2. The molecule has 0 atom stereocenters. The number of benzene rings is 1. The highest BCUT2D eigenvalue weighted by atomic mass is 19.3. The van der Waals surface area contributed by atoms with E-state index in [2.05, 4.69) is 5.32 Å². The zero-order chi connectivity index (χ0) is 16.2. The number of ether oxygens (including phenoxy) is 2. The van der Waals surface area contributed by atoms with Crippen molar-refractivity contribution in [3.63, 3.8) is 0 Å². The Kier molecular flexibility index (Phi) is 5.05. The molecule has 0 saturated carbocycles. The summed E-state index contributed by atoms with van der Waals surface area (Å²) < 4.78 is 37.5. The van der Waals surface area contributed by atoms with Gasteiger partial charge in [-0.05, 0) is 12.1 Å². The Morgan fingerprint density at radius 2 is 2.14 bits per heavy atom. The number of anilines is 1. The molecule has 1 aliphatic rings. The number of nitrogens with one attached hydrogen (secondary N) is 1. The monoisotopic (exact) mass is 314 g/mol. The number of methoxy groups -OCH3 is 1. The van der Waals surface area contributed by atoms with Gasteiger partial charge >= 0.3 is 6.03 Å². The number of carbonyl (C=O) groups excluding carboxylic acids is 1. The number of hydrogen-bond donors (Lipinski definition) is 1. The van der Waals surface area contributed by atoms with Crippen LogP contribution in [-0.4, -0.2) is 38.8 Å². The highest BCUT2D eigenvalue weighted by Gasteiger charge is 2.29. The van der Waals surface area contributed by atoms with Gasteiger partial charge in [-0.25, -0.2) is 13.6 Å². The van der Waals surface area contributed by atoms with Crippen LogP contribution < -0.4 is 19.7 Å². The molecule has 1 fully saturated rings. The molecular weight excluding hydrogens is 294 g/mol. The van der Waals surface area contributed by atoms with E-state index in [1.165, 1.54) is 12.0 Å². The molecule has 7 heteroatoms. The molecule has 1 aromatic rings. The summed E-state index contributed by atoms with van der Waals surface area (Å²) in [5, 5.41) is 2.68. The number of nitrogens with zero attached hydrogens (tertiary/aromatic N) is 1. The highest BCUT2D eigenvalue weighted by Crippen LogP contribution is 2.33. The first-order valence-corrected chi connectivity index (χ1v) is 7.21. The Hall–Kier alpha value is -2.05. The molecule has 0 radical (unpaired) electrons. The van der Waals surface area contributed by atoms with Crippen molar-refractivity contribution in [1.82, 2.24) is 5.32 Å². The van der Waals surface area contributed by atoms with Crippen molar-refractivity contribution in [1.29, 1.82) is 0 Å². The first kappa shape index (κ1) is 16.3. The second-order valence-electron chi connectivity index (χ2n) is 5.11. The largest absolute Gasteiger partial charge is 0.493 e. The van der Waals surface area contributed by atoms with Gasteiger partial charge in [0.2, 0.25) is 0 Å². The third-order valence-electron chi connectivity index (χ3n) is 3.37. The van der Waals surface area contributed by atoms with E-state index in [0.29, 0.717) is 30.9 Å². The first-order chi connectivity index (χ1) is 10.5. The summed E-state index contributed by atoms with van der Waals surface area (Å²) in [6.07, 6.45) is 0.144. The Labute approximate surface area is 128 Å². The predicted octanol–water partition coefficient (Wildman–Crippen LogP) is 3.04. The van der Waals surface area contributed by atoms with Crippen LogP contribution in [0.2, 0.25) is 0 Å². The average molecular weight is 314 g/mol. The quantitative estimate of drug-likeness (QED) is 0.841. The molecule has 2 amide bonds. The minimum absolute atomic E-state index is 0.204. The van der Waals surface area contributed by atoms with Crippen molar-refractivity contribution < 1.29 is 23.0 Å². The fraction of sp³-hybridized carbons (Fsp3) is 0.533. The van der Waals surface area contributed by atoms with Gasteiger partial charge in [-0.3, -0.25) is 4.90 Å². The van der Waals surface area contributed by atoms with Crippen molar-refractivity contribution in [2.75, 3.05) is 31.7 Å². The molecule has 1 saturated heterocycles. The van der Waals surface area contributed by atoms with Crippen LogP contribution in [0, 0.1) is 0 Å². The van der Waals surface area contributed by atoms with E-state index in [4.69, 9.17) is 9.47 Å². The van der Waals surface area contributed by atoms with Gasteiger partial charge in [0, 0.05) is 31.3 Å². The highest BCUT2D eigenvalue weighted by molar-refractivity contribution is 5.94. The van der Waals surface area contributed by atoms with E-state index in [9.17, 15) is 13.6 Å². The molecule has 1 aromatic carbocycles. The van der Waals surface area contributed by atoms with Crippen LogP contribution in [0.15, 0.2) is 18.2 Å². The number of carbonyl (C=O) groups is 1. The third kappa shape index (κ3) is 3.78. The average Bonchev–Trinajstić information content (AvgIpc) is 2.91. The summed E-state index contributed by atoms with van der Waals surface area (Å²) in [6.45, 7) is 2.06. The Balaban J connectivity index is 2.16. The van der Waals surface area contributed by atoms with Gasteiger partial charge in [0.15, 0.2) is 18.1 Å². The molecule has 1 aliphatic heterocycles. The van der Waals surface area contributed by atoms with Crippen molar-refractivity contribution in [2.24, 2.45) is 0 Å². The van der Waals surface area contributed by atoms with E-state index < -0.39 is 12.5 Å². The van der Waals surface area contributed by atoms with Crippen LogP contribution in [0.1, 0.15) is 19.8 Å². The fourth-order valence-electron chi connectivity index (χ4n) is 2.29. The number of amides is 2. The van der Waals surface area contributed by atoms with Gasteiger partial charge in [-0.15, -0.1) is 0 Å². The number of hydrogen-bond acceptors (Lipinski definition) is 3. The van der Waals surface area contributed by atoms with Crippen LogP contribution in [0.5, 0.6) is 11.5 Å². The summed E-state index contributed by atoms with van der Waals surface area (Å²) in [5.74, 6) is -2.33. The molecule has 0 unspecified atom stereocenters. The summed E-state index contributed by atoms with van der Waals surface area (Å²) in [7, 11) is 1.44. The molecule has 122 valence electrons. The van der Waals surface area contributed by atoms with Crippen molar-refractivity contribution in [2.45, 2.75) is 25.7 Å². The Morgan fingerprint density at radius 3 is 2.73 bits per heavy atom. The maximum absolute atomic E-state index is 13.6. The van der Waals surface area contributed by atoms with E-state index in [1.807, 2.05) is 0 Å². The number of halogens is 2. The summed E-state index contributed by atoms with van der Waals surface area (Å²) in [5.41, 5.74) is 0.588. The molecule has 1 heterocycles. The molecule has 22 heavy (non-hydrogen) atoms. The van der Waals surface area contributed by atoms with Crippen LogP contribution in [-0.2, 0) is 0 Å². The fourth-order valence-corrected chi connectivity index (χ4v) is 2.29. The molecule has 5 nitrogen and oxygen atoms in total. The number of alkyl halides is 2. The van der Waals surface area contributed by atoms with Crippen LogP contribution in [0.3, 0.4) is 0 Å². The van der Waals surface area contributed by atoms with Crippen molar-refractivity contribution >= 4 is 11.7 Å². The minimum atomic E-state index is -2.89. The summed E-state index contributed by atoms with van der Waals surface area (Å²) in [6, 6.07) is 4.63. The van der Waals surface area contributed by atoms with Crippen LogP contribution in [0.4, 0.5) is 19.3 Å². The number of rotatable bonds is 7. The van der Waals surface area contributed by atoms with E-state index in [1.54, 1.807) is 25.1 Å². The van der Waals surface area contributed by atoms with E-state index >= 15 is 0 Å². The molecule has 0 aromatic heterocycles. The molecule has 0 bridgehead atoms. The third-order valence-corrected chi connectivity index (χ3v) is 3.37. The second-order valence-corrected chi connectivity index (χ2v) is 5.11. The van der Waals surface area contributed by atoms with E-state index in [-0.39, 0.29) is 18.2 Å². The van der Waals surface area contributed by atoms with Gasteiger partial charge < -0.3 is 14.8 Å². The Morgan fingerprint density at radius 1 is 1.36 bits per heavy atom. The van der Waals surface area contributed by atoms with Gasteiger partial charge in [-0.1, -0.05) is 13.3 Å². The zero-order valence-electron chi connectivity index (χ0n) is 12.7. The topological polar surface area (TPSA) is 50.8 Å². The SMILES string of the molecule is CCCC(F)(F)COc1cc(N2CCNC2=O)ccc1OC. The maximum Gasteiger partial charge on any atom is 0.321 e. The van der Waals surface area contributed by atoms with Crippen LogP contribution in [0.25, 0.3) is 0 Å². The van der Waals surface area contributed by atoms with Gasteiger partial charge in [0.05, 0.1) is 7.11 Å². The maximum atomic E-state index is 13.6. The normalized spacial score (nSPS) is 14.9. The minimum Gasteiger partial charge on any atom is -0.493 e. The van der Waals surface area contributed by atoms with E-state index in [0.717, 1.165) is 0 Å². The molecule has 0 spiro atoms. The van der Waals surface area contributed by atoms with Crippen molar-refractivity contribution in [3.05, 3.63) is 18.2 Å². The lowest BCUT2D eigenvalue weighted by Crippen LogP contribution is -2.28. The summed E-state index contributed by atoms with van der Waals surface area (Å²) in [4.78, 5) is 13.2. The van der Waals surface area contributed by atoms with Gasteiger partial charge in [0.25, 0.3) is 5.92 Å². The standard InChI is InChI=1S/C15H20F2N2O3/c1-3-6-15(16,17)10-22-13-9-11(4-5-12(13)21-2)19-8-7-18-14(19)20/h4-5,9H,3,6-8,10H2,1-2H3,(H,18,20). The first-order valence-electron chi connectivity index (χ1n) is 7.21. The van der Waals surface area contributed by atoms with Gasteiger partial charge in [-0.2, -0.15) is 0 Å². The molecular formula is C15H20F2N2O3. The van der Waals surface area contributed by atoms with Crippen LogP contribution >= 0.6 is 0 Å². The predicted molar refractivity (Wildman–Crippen MR) is 79.1 cm³/mol. The molecule has 1 N–H and O–H groups in total. The van der Waals surface area contributed by atoms with Crippen molar-refractivity contribution in [3.8, 4) is 11.5 Å². The van der Waals surface area contributed by atoms with Gasteiger partial charge in [0.1, 0.15) is 0 Å². The lowest BCUT2D eigenvalue weighted by Gasteiger charge is -2.20. The lowest BCUT2D eigenvalue weighted by molar-refractivity contribution is -0.0485.